The van der Waals surface area contributed by atoms with Crippen molar-refractivity contribution in [2.45, 2.75) is 31.6 Å². The second kappa shape index (κ2) is 7.95. The van der Waals surface area contributed by atoms with Crippen molar-refractivity contribution in [1.82, 2.24) is 4.90 Å². The topological polar surface area (TPSA) is 58.6 Å². The Morgan fingerprint density at radius 2 is 1.90 bits per heavy atom. The highest BCUT2D eigenvalue weighted by molar-refractivity contribution is 6.00. The van der Waals surface area contributed by atoms with Crippen molar-refractivity contribution >= 4 is 17.5 Å². The lowest BCUT2D eigenvalue weighted by atomic mass is 9.70. The van der Waals surface area contributed by atoms with Crippen LogP contribution in [0.3, 0.4) is 0 Å². The molecule has 0 radical (unpaired) electrons. The van der Waals surface area contributed by atoms with Gasteiger partial charge in [-0.1, -0.05) is 24.3 Å². The number of rotatable bonds is 3. The first kappa shape index (κ1) is 19.6. The van der Waals surface area contributed by atoms with Crippen molar-refractivity contribution in [3.63, 3.8) is 0 Å². The van der Waals surface area contributed by atoms with Gasteiger partial charge in [-0.05, 0) is 55.5 Å². The first-order valence-electron chi connectivity index (χ1n) is 10.1. The number of benzene rings is 2. The molecule has 2 aromatic rings. The number of morpholine rings is 1. The predicted octanol–water partition coefficient (Wildman–Crippen LogP) is 3.53. The van der Waals surface area contributed by atoms with E-state index in [2.05, 4.69) is 11.4 Å². The summed E-state index contributed by atoms with van der Waals surface area (Å²) in [7, 11) is 0. The van der Waals surface area contributed by atoms with Gasteiger partial charge in [0.2, 0.25) is 5.91 Å². The van der Waals surface area contributed by atoms with Crippen LogP contribution in [0.5, 0.6) is 0 Å². The fourth-order valence-corrected chi connectivity index (χ4v) is 4.25. The monoisotopic (exact) mass is 396 g/mol. The van der Waals surface area contributed by atoms with Crippen LogP contribution in [-0.2, 0) is 21.4 Å². The summed E-state index contributed by atoms with van der Waals surface area (Å²) in [6, 6.07) is 12.3. The molecule has 0 bridgehead atoms. The summed E-state index contributed by atoms with van der Waals surface area (Å²) < 4.78 is 19.9. The smallest absolute Gasteiger partial charge is 0.256 e. The molecule has 1 saturated heterocycles. The van der Waals surface area contributed by atoms with Gasteiger partial charge in [0.25, 0.3) is 5.91 Å². The van der Waals surface area contributed by atoms with Gasteiger partial charge in [0, 0.05) is 18.8 Å². The van der Waals surface area contributed by atoms with E-state index in [0.29, 0.717) is 32.0 Å². The lowest BCUT2D eigenvalue weighted by molar-refractivity contribution is -0.121. The van der Waals surface area contributed by atoms with Crippen molar-refractivity contribution in [2.75, 3.05) is 31.6 Å². The number of amides is 2. The zero-order valence-electron chi connectivity index (χ0n) is 16.5. The molecule has 1 aliphatic heterocycles. The number of carbonyl (C=O) groups excluding carboxylic acids is 2. The van der Waals surface area contributed by atoms with Gasteiger partial charge in [-0.25, -0.2) is 4.39 Å². The molecule has 1 atom stereocenters. The van der Waals surface area contributed by atoms with Crippen LogP contribution in [0.25, 0.3) is 0 Å². The van der Waals surface area contributed by atoms with E-state index < -0.39 is 11.2 Å². The van der Waals surface area contributed by atoms with Crippen LogP contribution in [0.15, 0.2) is 42.5 Å². The van der Waals surface area contributed by atoms with Gasteiger partial charge in [0.05, 0.1) is 24.2 Å². The molecule has 5 nitrogen and oxygen atoms in total. The number of nitrogens with zero attached hydrogens (tertiary/aromatic N) is 1. The summed E-state index contributed by atoms with van der Waals surface area (Å²) in [4.78, 5) is 27.2. The number of hydrogen-bond donors (Lipinski definition) is 1. The highest BCUT2D eigenvalue weighted by Crippen LogP contribution is 2.38. The molecule has 1 fully saturated rings. The van der Waals surface area contributed by atoms with Crippen LogP contribution in [0.1, 0.15) is 41.3 Å². The van der Waals surface area contributed by atoms with E-state index in [0.717, 1.165) is 24.8 Å². The lowest BCUT2D eigenvalue weighted by Crippen LogP contribution is -2.41. The maximum absolute atomic E-state index is 14.7. The number of fused-ring (bicyclic) bond motifs is 1. The molecule has 4 rings (SSSR count). The number of halogens is 1. The fraction of sp³-hybridized carbons (Fsp3) is 0.391. The summed E-state index contributed by atoms with van der Waals surface area (Å²) in [5, 5.41) is 2.86. The molecule has 6 heteroatoms. The van der Waals surface area contributed by atoms with Crippen molar-refractivity contribution in [2.24, 2.45) is 0 Å². The van der Waals surface area contributed by atoms with Crippen LogP contribution in [0.4, 0.5) is 10.1 Å². The Labute approximate surface area is 169 Å². The molecule has 2 aromatic carbocycles. The first-order valence-corrected chi connectivity index (χ1v) is 10.1. The normalized spacial score (nSPS) is 21.4. The van der Waals surface area contributed by atoms with Crippen LogP contribution < -0.4 is 5.32 Å². The molecule has 0 saturated carbocycles. The minimum atomic E-state index is -0.659. The zero-order valence-corrected chi connectivity index (χ0v) is 16.5. The average molecular weight is 396 g/mol. The molecule has 1 heterocycles. The Balaban J connectivity index is 1.52. The molecule has 1 unspecified atom stereocenters. The van der Waals surface area contributed by atoms with Crippen LogP contribution in [0.2, 0.25) is 0 Å². The van der Waals surface area contributed by atoms with E-state index in [1.165, 1.54) is 17.7 Å². The SMILES string of the molecule is CC1(C(=O)Nc2ccc(C(=O)N3CCOCC3)c(F)c2)CCCc2ccccc21. The third kappa shape index (κ3) is 3.77. The molecule has 1 N–H and O–H groups in total. The van der Waals surface area contributed by atoms with E-state index in [9.17, 15) is 14.0 Å². The van der Waals surface area contributed by atoms with Gasteiger partial charge >= 0.3 is 0 Å². The standard InChI is InChI=1S/C23H25FN2O3/c1-23(10-4-6-16-5-2-3-7-19(16)23)22(28)25-17-8-9-18(20(24)15-17)21(27)26-11-13-29-14-12-26/h2-3,5,7-9,15H,4,6,10-14H2,1H3,(H,25,28). The number of hydrogen-bond acceptors (Lipinski definition) is 3. The Hall–Kier alpha value is -2.73. The highest BCUT2D eigenvalue weighted by atomic mass is 19.1. The largest absolute Gasteiger partial charge is 0.378 e. The highest BCUT2D eigenvalue weighted by Gasteiger charge is 2.38. The second-order valence-electron chi connectivity index (χ2n) is 7.90. The molecule has 0 aromatic heterocycles. The molecule has 0 spiro atoms. The van der Waals surface area contributed by atoms with E-state index >= 15 is 0 Å². The van der Waals surface area contributed by atoms with E-state index in [4.69, 9.17) is 4.74 Å². The minimum Gasteiger partial charge on any atom is -0.378 e. The summed E-state index contributed by atoms with van der Waals surface area (Å²) in [5.74, 6) is -1.14. The van der Waals surface area contributed by atoms with Crippen molar-refractivity contribution < 1.29 is 18.7 Å². The molecular weight excluding hydrogens is 371 g/mol. The molecule has 2 amide bonds. The van der Waals surface area contributed by atoms with Crippen molar-refractivity contribution in [3.8, 4) is 0 Å². The van der Waals surface area contributed by atoms with E-state index in [1.54, 1.807) is 11.0 Å². The van der Waals surface area contributed by atoms with Gasteiger partial charge in [-0.2, -0.15) is 0 Å². The summed E-state index contributed by atoms with van der Waals surface area (Å²) in [6.07, 6.45) is 2.64. The fourth-order valence-electron chi connectivity index (χ4n) is 4.25. The van der Waals surface area contributed by atoms with Gasteiger partial charge in [-0.15, -0.1) is 0 Å². The van der Waals surface area contributed by atoms with Gasteiger partial charge in [-0.3, -0.25) is 9.59 Å². The number of aryl methyl sites for hydroxylation is 1. The Morgan fingerprint density at radius 1 is 1.14 bits per heavy atom. The molecule has 152 valence electrons. The Bertz CT molecular complexity index is 939. The van der Waals surface area contributed by atoms with Crippen molar-refractivity contribution in [1.29, 1.82) is 0 Å². The second-order valence-corrected chi connectivity index (χ2v) is 7.90. The number of ether oxygens (including phenoxy) is 1. The third-order valence-electron chi connectivity index (χ3n) is 5.99. The zero-order chi connectivity index (χ0) is 20.4. The molecular formula is C23H25FN2O3. The number of nitrogens with one attached hydrogen (secondary N) is 1. The van der Waals surface area contributed by atoms with Crippen LogP contribution >= 0.6 is 0 Å². The molecule has 1 aliphatic carbocycles. The Kier molecular flexibility index (Phi) is 5.37. The van der Waals surface area contributed by atoms with Gasteiger partial charge in [0.1, 0.15) is 5.82 Å². The van der Waals surface area contributed by atoms with Crippen LogP contribution in [-0.4, -0.2) is 43.0 Å². The molecule has 29 heavy (non-hydrogen) atoms. The van der Waals surface area contributed by atoms with Gasteiger partial charge < -0.3 is 15.0 Å². The molecule has 2 aliphatic rings. The number of carbonyl (C=O) groups is 2. The quantitative estimate of drug-likeness (QED) is 0.864. The average Bonchev–Trinajstić information content (AvgIpc) is 2.74. The van der Waals surface area contributed by atoms with Crippen LogP contribution in [0, 0.1) is 5.82 Å². The summed E-state index contributed by atoms with van der Waals surface area (Å²) >= 11 is 0. The maximum Gasteiger partial charge on any atom is 0.256 e. The predicted molar refractivity (Wildman–Crippen MR) is 108 cm³/mol. The summed E-state index contributed by atoms with van der Waals surface area (Å²) in [6.45, 7) is 3.76. The Morgan fingerprint density at radius 3 is 2.66 bits per heavy atom. The summed E-state index contributed by atoms with van der Waals surface area (Å²) in [5.41, 5.74) is 1.93. The lowest BCUT2D eigenvalue weighted by Gasteiger charge is -2.34. The van der Waals surface area contributed by atoms with Crippen molar-refractivity contribution in [3.05, 3.63) is 65.0 Å². The van der Waals surface area contributed by atoms with E-state index in [1.807, 2.05) is 25.1 Å². The number of anilines is 1. The van der Waals surface area contributed by atoms with E-state index in [-0.39, 0.29) is 17.4 Å². The minimum absolute atomic E-state index is 0.0131. The third-order valence-corrected chi connectivity index (χ3v) is 5.99. The van der Waals surface area contributed by atoms with Gasteiger partial charge in [0.15, 0.2) is 0 Å². The first-order chi connectivity index (χ1) is 14.0. The maximum atomic E-state index is 14.7.